The minimum Gasteiger partial charge on any atom is -0.478 e. The Hall–Kier alpha value is -0.960. The molecule has 0 fully saturated rings. The molecule has 0 aliphatic rings. The van der Waals surface area contributed by atoms with Gasteiger partial charge in [-0.15, -0.1) is 0 Å². The van der Waals surface area contributed by atoms with Crippen LogP contribution in [-0.2, 0) is 19.6 Å². The van der Waals surface area contributed by atoms with Crippen LogP contribution in [0, 0.1) is 0 Å². The van der Waals surface area contributed by atoms with Gasteiger partial charge in [-0.25, -0.2) is 4.79 Å². The fraction of sp³-hybridized carbons (Fsp3) is 0.812. The predicted molar refractivity (Wildman–Crippen MR) is 95.6 cm³/mol. The first kappa shape index (κ1) is 25.3. The van der Waals surface area contributed by atoms with Crippen molar-refractivity contribution in [2.24, 2.45) is 0 Å². The van der Waals surface area contributed by atoms with Crippen LogP contribution in [0.1, 0.15) is 53.4 Å². The summed E-state index contributed by atoms with van der Waals surface area (Å²) in [7, 11) is -0.933. The van der Waals surface area contributed by atoms with Crippen LogP contribution in [0.2, 0.25) is 0 Å². The van der Waals surface area contributed by atoms with E-state index in [0.717, 1.165) is 19.3 Å². The van der Waals surface area contributed by atoms with Crippen LogP contribution in [0.3, 0.4) is 0 Å². The summed E-state index contributed by atoms with van der Waals surface area (Å²) in [6.45, 7) is 10.6. The van der Waals surface area contributed by atoms with E-state index in [4.69, 9.17) is 9.84 Å². The molecule has 0 aromatic carbocycles. The van der Waals surface area contributed by atoms with Gasteiger partial charge in [0, 0.05) is 12.2 Å². The average molecular weight is 368 g/mol. The van der Waals surface area contributed by atoms with Crippen molar-refractivity contribution in [2.45, 2.75) is 64.4 Å². The highest BCUT2D eigenvalue weighted by atomic mass is 32.2. The van der Waals surface area contributed by atoms with Crippen LogP contribution in [0.5, 0.6) is 0 Å². The number of unbranched alkanes of at least 4 members (excludes halogenated alkanes) is 2. The molecular weight excluding hydrogens is 334 g/mol. The second-order valence-corrected chi connectivity index (χ2v) is 7.53. The molecule has 144 valence electrons. The molecule has 8 heteroatoms. The Morgan fingerprint density at radius 3 is 2.00 bits per heavy atom. The number of carboxylic acids is 1. The Morgan fingerprint density at radius 2 is 1.75 bits per heavy atom. The van der Waals surface area contributed by atoms with Crippen LogP contribution in [0.25, 0.3) is 0 Å². The first-order valence-electron chi connectivity index (χ1n) is 8.03. The van der Waals surface area contributed by atoms with Gasteiger partial charge in [0.25, 0.3) is 10.1 Å². The Morgan fingerprint density at radius 1 is 1.29 bits per heavy atom. The highest BCUT2D eigenvalue weighted by Gasteiger charge is 2.49. The molecule has 7 nitrogen and oxygen atoms in total. The lowest BCUT2D eigenvalue weighted by atomic mass is 10.1. The maximum absolute atomic E-state index is 11.7. The van der Waals surface area contributed by atoms with Gasteiger partial charge in [0.1, 0.15) is 0 Å². The van der Waals surface area contributed by atoms with Crippen LogP contribution in [0.4, 0.5) is 0 Å². The lowest BCUT2D eigenvalue weighted by Crippen LogP contribution is -2.58. The van der Waals surface area contributed by atoms with Crippen molar-refractivity contribution in [1.29, 1.82) is 0 Å². The quantitative estimate of drug-likeness (QED) is 0.347. The second kappa shape index (κ2) is 11.6. The Labute approximate surface area is 146 Å². The third kappa shape index (κ3) is 7.74. The molecule has 0 saturated carbocycles. The molecule has 0 aliphatic heterocycles. The van der Waals surface area contributed by atoms with Gasteiger partial charge in [0.05, 0.1) is 6.10 Å². The molecule has 0 spiro atoms. The van der Waals surface area contributed by atoms with Crippen LogP contribution < -0.4 is 0 Å². The highest BCUT2D eigenvalue weighted by Crippen LogP contribution is 2.29. The zero-order valence-electron chi connectivity index (χ0n) is 15.7. The summed E-state index contributed by atoms with van der Waals surface area (Å²) in [5, 5.41) is 7.89. The largest absolute Gasteiger partial charge is 0.478 e. The summed E-state index contributed by atoms with van der Waals surface area (Å²) in [6, 6.07) is 0. The lowest BCUT2D eigenvalue weighted by Gasteiger charge is -2.40. The number of rotatable bonds is 10. The van der Waals surface area contributed by atoms with Crippen LogP contribution in [0.15, 0.2) is 12.2 Å². The molecule has 0 amide bonds. The van der Waals surface area contributed by atoms with E-state index in [2.05, 4.69) is 13.5 Å². The van der Waals surface area contributed by atoms with Gasteiger partial charge in [-0.05, 0) is 40.8 Å². The number of hydrogen-bond donors (Lipinski definition) is 2. The predicted octanol–water partition coefficient (Wildman–Crippen LogP) is 2.78. The molecule has 2 unspecified atom stereocenters. The molecule has 0 heterocycles. The Bertz CT molecular complexity index is 477. The minimum atomic E-state index is -4.22. The van der Waals surface area contributed by atoms with Crippen molar-refractivity contribution in [3.05, 3.63) is 12.2 Å². The summed E-state index contributed by atoms with van der Waals surface area (Å²) >= 11 is 0. The van der Waals surface area contributed by atoms with Gasteiger partial charge in [0.2, 0.25) is 0 Å². The third-order valence-electron chi connectivity index (χ3n) is 3.83. The molecule has 0 saturated heterocycles. The maximum Gasteiger partial charge on any atom is 0.330 e. The molecule has 0 rings (SSSR count). The van der Waals surface area contributed by atoms with E-state index in [1.165, 1.54) is 11.8 Å². The molecule has 24 heavy (non-hydrogen) atoms. The molecule has 2 atom stereocenters. The van der Waals surface area contributed by atoms with Crippen molar-refractivity contribution in [1.82, 2.24) is 4.90 Å². The van der Waals surface area contributed by atoms with E-state index in [9.17, 15) is 17.8 Å². The van der Waals surface area contributed by atoms with Gasteiger partial charge in [-0.1, -0.05) is 33.3 Å². The Balaban J connectivity index is 0. The fourth-order valence-corrected chi connectivity index (χ4v) is 3.65. The van der Waals surface area contributed by atoms with Crippen LogP contribution in [-0.4, -0.2) is 60.6 Å². The zero-order valence-corrected chi connectivity index (χ0v) is 16.5. The highest BCUT2D eigenvalue weighted by molar-refractivity contribution is 7.87. The molecule has 0 aromatic rings. The fourth-order valence-electron chi connectivity index (χ4n) is 2.33. The van der Waals surface area contributed by atoms with Gasteiger partial charge in [-0.2, -0.15) is 8.42 Å². The topological polar surface area (TPSA) is 104 Å². The smallest absolute Gasteiger partial charge is 0.330 e. The number of carbonyl (C=O) groups is 1. The molecular formula is C16H33NO6S. The molecule has 0 aromatic heterocycles. The van der Waals surface area contributed by atoms with Crippen molar-refractivity contribution in [3.63, 3.8) is 0 Å². The van der Waals surface area contributed by atoms with E-state index < -0.39 is 27.1 Å². The van der Waals surface area contributed by atoms with E-state index >= 15 is 0 Å². The standard InChI is InChI=1S/C12H27NO4S.C4H6O2/c1-6-8-9-10-17-11(3)12(7-2,13(4)5)18(14,15)16;1-3(2)4(5)6/h11H,6-10H2,1-5H3,(H,14,15,16);1H2,2H3,(H,5,6). The van der Waals surface area contributed by atoms with Gasteiger partial charge in [0.15, 0.2) is 4.87 Å². The lowest BCUT2D eigenvalue weighted by molar-refractivity contribution is -0.132. The van der Waals surface area contributed by atoms with Crippen molar-refractivity contribution >= 4 is 16.1 Å². The van der Waals surface area contributed by atoms with Crippen molar-refractivity contribution in [3.8, 4) is 0 Å². The first-order valence-corrected chi connectivity index (χ1v) is 9.47. The third-order valence-corrected chi connectivity index (χ3v) is 5.71. The molecule has 2 N–H and O–H groups in total. The monoisotopic (exact) mass is 367 g/mol. The molecule has 0 radical (unpaired) electrons. The first-order chi connectivity index (χ1) is 10.9. The SMILES string of the molecule is C=C(C)C(=O)O.CCCCCOC(C)C(CC)(N(C)C)S(=O)(=O)O. The van der Waals surface area contributed by atoms with Crippen molar-refractivity contribution in [2.75, 3.05) is 20.7 Å². The van der Waals surface area contributed by atoms with Gasteiger partial charge < -0.3 is 9.84 Å². The number of likely N-dealkylation sites (N-methyl/N-ethyl adjacent to an activating group) is 1. The minimum absolute atomic E-state index is 0.176. The molecule has 0 bridgehead atoms. The molecule has 0 aliphatic carbocycles. The van der Waals surface area contributed by atoms with Crippen molar-refractivity contribution < 1.29 is 27.6 Å². The number of aliphatic carboxylic acids is 1. The number of nitrogens with zero attached hydrogens (tertiary/aromatic N) is 1. The van der Waals surface area contributed by atoms with Gasteiger partial charge >= 0.3 is 5.97 Å². The van der Waals surface area contributed by atoms with E-state index in [1.807, 2.05) is 0 Å². The van der Waals surface area contributed by atoms with Crippen LogP contribution >= 0.6 is 0 Å². The number of carboxylic acid groups (broad SMARTS) is 1. The van der Waals surface area contributed by atoms with E-state index in [1.54, 1.807) is 27.9 Å². The average Bonchev–Trinajstić information content (AvgIpc) is 2.43. The Kier molecular flexibility index (Phi) is 12.2. The summed E-state index contributed by atoms with van der Waals surface area (Å²) in [4.78, 5) is 9.74. The summed E-state index contributed by atoms with van der Waals surface area (Å²) in [6.07, 6.45) is 2.74. The normalized spacial score (nSPS) is 15.2. The zero-order chi connectivity index (χ0) is 19.6. The summed E-state index contributed by atoms with van der Waals surface area (Å²) in [5.41, 5.74) is 0.176. The van der Waals surface area contributed by atoms with Gasteiger partial charge in [-0.3, -0.25) is 9.45 Å². The second-order valence-electron chi connectivity index (χ2n) is 5.87. The van der Waals surface area contributed by atoms with E-state index in [0.29, 0.717) is 6.61 Å². The van der Waals surface area contributed by atoms with E-state index in [-0.39, 0.29) is 12.0 Å². The summed E-state index contributed by atoms with van der Waals surface area (Å²) in [5.74, 6) is -0.935. The maximum atomic E-state index is 11.7. The summed E-state index contributed by atoms with van der Waals surface area (Å²) < 4.78 is 38.5. The number of ether oxygens (including phenoxy) is 1. The number of hydrogen-bond acceptors (Lipinski definition) is 5.